The lowest BCUT2D eigenvalue weighted by Gasteiger charge is -2.31. The molecule has 0 bridgehead atoms. The van der Waals surface area contributed by atoms with Gasteiger partial charge in [0.05, 0.1) is 30.1 Å². The molecule has 0 radical (unpaired) electrons. The maximum atomic E-state index is 9.44. The molecule has 0 aromatic carbocycles. The van der Waals surface area contributed by atoms with Crippen LogP contribution < -0.4 is 15.4 Å². The maximum absolute atomic E-state index is 9.44. The van der Waals surface area contributed by atoms with Crippen LogP contribution in [-0.2, 0) is 0 Å². The van der Waals surface area contributed by atoms with Crippen molar-refractivity contribution in [3.8, 4) is 22.9 Å². The standard InChI is InChI=1S/C20H22N6O/c1-2-27-17-8-18(20-15(9-21)11-24-26(20)13-17)14-5-6-19(23-10-14)25-7-3-4-16(22)12-25/h5-6,8,10-11,13,16H,2-4,7,12,22H2,1H3. The molecule has 1 atom stereocenters. The van der Waals surface area contributed by atoms with E-state index in [1.807, 2.05) is 31.3 Å². The van der Waals surface area contributed by atoms with Crippen molar-refractivity contribution in [1.29, 1.82) is 5.26 Å². The van der Waals surface area contributed by atoms with Crippen molar-refractivity contribution < 1.29 is 4.74 Å². The zero-order chi connectivity index (χ0) is 18.8. The fraction of sp³-hybridized carbons (Fsp3) is 0.350. The van der Waals surface area contributed by atoms with Crippen molar-refractivity contribution in [3.05, 3.63) is 42.4 Å². The first kappa shape index (κ1) is 17.3. The fourth-order valence-corrected chi connectivity index (χ4v) is 3.59. The summed E-state index contributed by atoms with van der Waals surface area (Å²) in [4.78, 5) is 6.88. The van der Waals surface area contributed by atoms with E-state index in [9.17, 15) is 5.26 Å². The Morgan fingerprint density at radius 2 is 2.26 bits per heavy atom. The van der Waals surface area contributed by atoms with Gasteiger partial charge in [0.15, 0.2) is 0 Å². The number of fused-ring (bicyclic) bond motifs is 1. The monoisotopic (exact) mass is 362 g/mol. The van der Waals surface area contributed by atoms with E-state index < -0.39 is 0 Å². The normalized spacial score (nSPS) is 17.1. The Hall–Kier alpha value is -3.11. The van der Waals surface area contributed by atoms with Gasteiger partial charge >= 0.3 is 0 Å². The second-order valence-corrected chi connectivity index (χ2v) is 6.74. The number of piperidine rings is 1. The number of aromatic nitrogens is 3. The lowest BCUT2D eigenvalue weighted by Crippen LogP contribution is -2.43. The van der Waals surface area contributed by atoms with Crippen LogP contribution in [0.15, 0.2) is 36.8 Å². The summed E-state index contributed by atoms with van der Waals surface area (Å²) < 4.78 is 7.35. The molecule has 138 valence electrons. The Kier molecular flexibility index (Phi) is 4.65. The lowest BCUT2D eigenvalue weighted by atomic mass is 10.0. The van der Waals surface area contributed by atoms with Gasteiger partial charge in [0.2, 0.25) is 0 Å². The molecule has 0 spiro atoms. The van der Waals surface area contributed by atoms with Crippen molar-refractivity contribution >= 4 is 11.3 Å². The molecule has 0 amide bonds. The van der Waals surface area contributed by atoms with Crippen LogP contribution in [0.4, 0.5) is 5.82 Å². The highest BCUT2D eigenvalue weighted by molar-refractivity contribution is 5.85. The van der Waals surface area contributed by atoms with Crippen molar-refractivity contribution in [1.82, 2.24) is 14.6 Å². The lowest BCUT2D eigenvalue weighted by molar-refractivity contribution is 0.338. The zero-order valence-electron chi connectivity index (χ0n) is 15.3. The van der Waals surface area contributed by atoms with Gasteiger partial charge in [0.1, 0.15) is 17.6 Å². The Morgan fingerprint density at radius 3 is 2.96 bits per heavy atom. The quantitative estimate of drug-likeness (QED) is 0.767. The Bertz CT molecular complexity index is 988. The third-order valence-corrected chi connectivity index (χ3v) is 4.86. The Labute approximate surface area is 158 Å². The van der Waals surface area contributed by atoms with Crippen molar-refractivity contribution in [3.63, 3.8) is 0 Å². The molecule has 3 aromatic rings. The van der Waals surface area contributed by atoms with Crippen LogP contribution >= 0.6 is 0 Å². The van der Waals surface area contributed by atoms with Gasteiger partial charge in [-0.25, -0.2) is 9.50 Å². The minimum absolute atomic E-state index is 0.202. The van der Waals surface area contributed by atoms with E-state index in [4.69, 9.17) is 10.5 Å². The number of nitriles is 1. The first-order valence-corrected chi connectivity index (χ1v) is 9.21. The van der Waals surface area contributed by atoms with E-state index in [2.05, 4.69) is 21.1 Å². The van der Waals surface area contributed by atoms with E-state index >= 15 is 0 Å². The third kappa shape index (κ3) is 3.32. The number of ether oxygens (including phenoxy) is 1. The molecular formula is C20H22N6O. The molecule has 2 N–H and O–H groups in total. The van der Waals surface area contributed by atoms with Gasteiger partial charge in [-0.3, -0.25) is 0 Å². The molecular weight excluding hydrogens is 340 g/mol. The summed E-state index contributed by atoms with van der Waals surface area (Å²) in [5, 5.41) is 13.7. The van der Waals surface area contributed by atoms with Gasteiger partial charge in [-0.2, -0.15) is 10.4 Å². The number of nitrogens with two attached hydrogens (primary N) is 1. The van der Waals surface area contributed by atoms with Crippen LogP contribution in [0.5, 0.6) is 5.75 Å². The van der Waals surface area contributed by atoms with Crippen molar-refractivity contribution in [2.24, 2.45) is 5.73 Å². The molecule has 1 unspecified atom stereocenters. The summed E-state index contributed by atoms with van der Waals surface area (Å²) in [5.41, 5.74) is 9.17. The van der Waals surface area contributed by atoms with Gasteiger partial charge in [0, 0.05) is 36.5 Å². The van der Waals surface area contributed by atoms with E-state index in [-0.39, 0.29) is 6.04 Å². The van der Waals surface area contributed by atoms with Gasteiger partial charge in [-0.15, -0.1) is 0 Å². The first-order valence-electron chi connectivity index (χ1n) is 9.21. The van der Waals surface area contributed by atoms with Crippen molar-refractivity contribution in [2.75, 3.05) is 24.6 Å². The summed E-state index contributed by atoms with van der Waals surface area (Å²) in [7, 11) is 0. The molecule has 1 saturated heterocycles. The van der Waals surface area contributed by atoms with Crippen LogP contribution in [0.2, 0.25) is 0 Å². The summed E-state index contributed by atoms with van der Waals surface area (Å²) in [6.07, 6.45) is 7.36. The number of hydrogen-bond donors (Lipinski definition) is 1. The molecule has 0 aliphatic carbocycles. The van der Waals surface area contributed by atoms with Gasteiger partial charge in [-0.05, 0) is 38.0 Å². The summed E-state index contributed by atoms with van der Waals surface area (Å²) in [6.45, 7) is 4.31. The second kappa shape index (κ2) is 7.25. The van der Waals surface area contributed by atoms with Crippen LogP contribution in [0.1, 0.15) is 25.3 Å². The van der Waals surface area contributed by atoms with E-state index in [0.29, 0.717) is 17.9 Å². The topological polar surface area (TPSA) is 92.5 Å². The largest absolute Gasteiger partial charge is 0.492 e. The molecule has 4 rings (SSSR count). The first-order chi connectivity index (χ1) is 13.2. The van der Waals surface area contributed by atoms with Crippen LogP contribution in [0.25, 0.3) is 16.6 Å². The minimum atomic E-state index is 0.202. The van der Waals surface area contributed by atoms with E-state index in [1.54, 1.807) is 16.9 Å². The number of rotatable bonds is 4. The highest BCUT2D eigenvalue weighted by atomic mass is 16.5. The Balaban J connectivity index is 1.75. The van der Waals surface area contributed by atoms with Crippen molar-refractivity contribution in [2.45, 2.75) is 25.8 Å². The molecule has 1 fully saturated rings. The van der Waals surface area contributed by atoms with Gasteiger partial charge < -0.3 is 15.4 Å². The zero-order valence-corrected chi connectivity index (χ0v) is 15.3. The molecule has 27 heavy (non-hydrogen) atoms. The highest BCUT2D eigenvalue weighted by Gasteiger charge is 2.18. The van der Waals surface area contributed by atoms with Crippen LogP contribution in [0, 0.1) is 11.3 Å². The molecule has 3 aromatic heterocycles. The van der Waals surface area contributed by atoms with Gasteiger partial charge in [0.25, 0.3) is 0 Å². The second-order valence-electron chi connectivity index (χ2n) is 6.74. The molecule has 7 heteroatoms. The third-order valence-electron chi connectivity index (χ3n) is 4.86. The molecule has 4 heterocycles. The molecule has 1 aliphatic rings. The molecule has 1 aliphatic heterocycles. The number of nitrogens with zero attached hydrogens (tertiary/aromatic N) is 5. The average Bonchev–Trinajstić information content (AvgIpc) is 3.11. The molecule has 7 nitrogen and oxygen atoms in total. The summed E-state index contributed by atoms with van der Waals surface area (Å²) in [6, 6.07) is 8.40. The predicted octanol–water partition coefficient (Wildman–Crippen LogP) is 2.59. The van der Waals surface area contributed by atoms with E-state index in [1.165, 1.54) is 0 Å². The maximum Gasteiger partial charge on any atom is 0.138 e. The smallest absolute Gasteiger partial charge is 0.138 e. The summed E-state index contributed by atoms with van der Waals surface area (Å²) >= 11 is 0. The van der Waals surface area contributed by atoms with E-state index in [0.717, 1.165) is 48.4 Å². The average molecular weight is 362 g/mol. The van der Waals surface area contributed by atoms with Gasteiger partial charge in [-0.1, -0.05) is 0 Å². The van der Waals surface area contributed by atoms with Crippen LogP contribution in [-0.4, -0.2) is 40.3 Å². The summed E-state index contributed by atoms with van der Waals surface area (Å²) in [5.74, 6) is 1.64. The van der Waals surface area contributed by atoms with Crippen LogP contribution in [0.3, 0.4) is 0 Å². The number of pyridine rings is 2. The highest BCUT2D eigenvalue weighted by Crippen LogP contribution is 2.31. The minimum Gasteiger partial charge on any atom is -0.492 e. The molecule has 0 saturated carbocycles. The Morgan fingerprint density at radius 1 is 1.37 bits per heavy atom. The number of anilines is 1. The predicted molar refractivity (Wildman–Crippen MR) is 104 cm³/mol. The fourth-order valence-electron chi connectivity index (χ4n) is 3.59. The number of hydrogen-bond acceptors (Lipinski definition) is 6. The SMILES string of the molecule is CCOc1cc(-c2ccc(N3CCCC(N)C3)nc2)c2c(C#N)cnn2c1.